The minimum absolute atomic E-state index is 0.692. The smallest absolute Gasteiger partial charge is 0.226 e. The molecule has 0 saturated carbocycles. The molecule has 1 aromatic heterocycles. The van der Waals surface area contributed by atoms with Crippen LogP contribution in [0.5, 0.6) is 0 Å². The highest BCUT2D eigenvalue weighted by Crippen LogP contribution is 2.28. The highest BCUT2D eigenvalue weighted by Gasteiger charge is 2.21. The summed E-state index contributed by atoms with van der Waals surface area (Å²) in [4.78, 5) is 7.36. The molecule has 3 aromatic rings. The second kappa shape index (κ2) is 8.38. The Morgan fingerprint density at radius 3 is 2.59 bits per heavy atom. The zero-order valence-corrected chi connectivity index (χ0v) is 17.7. The average Bonchev–Trinajstić information content (AvgIpc) is 3.31. The van der Waals surface area contributed by atoms with Crippen LogP contribution in [0, 0.1) is 6.92 Å². The molecule has 0 N–H and O–H groups in total. The number of aryl methyl sites for hydroxylation is 1. The van der Waals surface area contributed by atoms with Gasteiger partial charge in [-0.2, -0.15) is 0 Å². The van der Waals surface area contributed by atoms with Gasteiger partial charge in [-0.1, -0.05) is 42.5 Å². The maximum atomic E-state index is 6.00. The number of likely N-dealkylation sites (tertiary alicyclic amines) is 1. The van der Waals surface area contributed by atoms with E-state index in [0.29, 0.717) is 11.9 Å². The highest BCUT2D eigenvalue weighted by atomic mass is 16.4. The molecule has 3 nitrogen and oxygen atoms in total. The summed E-state index contributed by atoms with van der Waals surface area (Å²) in [5.41, 5.74) is 6.73. The molecule has 0 spiro atoms. The van der Waals surface area contributed by atoms with Crippen LogP contribution in [0.2, 0.25) is 0 Å². The number of oxazole rings is 1. The van der Waals surface area contributed by atoms with Crippen LogP contribution >= 0.6 is 0 Å². The number of allylic oxidation sites excluding steroid dienone is 1. The van der Waals surface area contributed by atoms with E-state index in [4.69, 9.17) is 9.40 Å². The van der Waals surface area contributed by atoms with Crippen molar-refractivity contribution in [2.45, 2.75) is 46.1 Å². The van der Waals surface area contributed by atoms with Gasteiger partial charge in [0.2, 0.25) is 5.89 Å². The van der Waals surface area contributed by atoms with Crippen LogP contribution in [0.15, 0.2) is 59.5 Å². The van der Waals surface area contributed by atoms with Crippen LogP contribution in [-0.2, 0) is 6.42 Å². The lowest BCUT2D eigenvalue weighted by Gasteiger charge is -2.20. The minimum Gasteiger partial charge on any atom is -0.441 e. The first-order chi connectivity index (χ1) is 14.0. The van der Waals surface area contributed by atoms with Gasteiger partial charge in [0.25, 0.3) is 0 Å². The van der Waals surface area contributed by atoms with Gasteiger partial charge in [0.1, 0.15) is 5.76 Å². The normalized spacial score (nSPS) is 17.0. The van der Waals surface area contributed by atoms with Crippen LogP contribution in [0.3, 0.4) is 0 Å². The summed E-state index contributed by atoms with van der Waals surface area (Å²) in [6, 6.07) is 17.7. The standard InChI is InChI=1S/C26H30N2O/c1-18(2)23-8-5-9-24(17-23)21-10-12-22(13-11-21)26-27-25(20(4)29-26)14-16-28-15-6-7-19(28)3/h5,8-13,17,19H,1,6-7,14-16H2,2-4H3/t19-/m1/s1. The molecule has 0 aliphatic carbocycles. The van der Waals surface area contributed by atoms with E-state index in [1.165, 1.54) is 36.1 Å². The van der Waals surface area contributed by atoms with Crippen LogP contribution < -0.4 is 0 Å². The summed E-state index contributed by atoms with van der Waals surface area (Å²) in [6.07, 6.45) is 3.57. The molecule has 1 fully saturated rings. The van der Waals surface area contributed by atoms with Gasteiger partial charge in [0.05, 0.1) is 5.69 Å². The number of rotatable bonds is 6. The fourth-order valence-corrected chi connectivity index (χ4v) is 4.13. The molecule has 1 atom stereocenters. The van der Waals surface area contributed by atoms with Gasteiger partial charge in [0.15, 0.2) is 0 Å². The third-order valence-corrected chi connectivity index (χ3v) is 6.04. The van der Waals surface area contributed by atoms with Crippen molar-refractivity contribution in [1.29, 1.82) is 0 Å². The molecule has 29 heavy (non-hydrogen) atoms. The van der Waals surface area contributed by atoms with Crippen molar-refractivity contribution in [3.63, 3.8) is 0 Å². The Morgan fingerprint density at radius 1 is 1.14 bits per heavy atom. The lowest BCUT2D eigenvalue weighted by atomic mass is 9.99. The lowest BCUT2D eigenvalue weighted by molar-refractivity contribution is 0.271. The third kappa shape index (κ3) is 4.35. The van der Waals surface area contributed by atoms with Crippen LogP contribution in [0.4, 0.5) is 0 Å². The topological polar surface area (TPSA) is 29.3 Å². The van der Waals surface area contributed by atoms with Gasteiger partial charge in [-0.15, -0.1) is 0 Å². The van der Waals surface area contributed by atoms with Crippen LogP contribution in [0.1, 0.15) is 43.7 Å². The molecule has 1 saturated heterocycles. The molecule has 2 heterocycles. The second-order valence-corrected chi connectivity index (χ2v) is 8.24. The molecule has 3 heteroatoms. The molecule has 2 aromatic carbocycles. The number of nitrogens with zero attached hydrogens (tertiary/aromatic N) is 2. The maximum absolute atomic E-state index is 6.00. The maximum Gasteiger partial charge on any atom is 0.226 e. The predicted octanol–water partition coefficient (Wildman–Crippen LogP) is 6.38. The summed E-state index contributed by atoms with van der Waals surface area (Å²) in [6.45, 7) is 12.7. The van der Waals surface area contributed by atoms with Crippen molar-refractivity contribution in [2.24, 2.45) is 0 Å². The first kappa shape index (κ1) is 19.7. The van der Waals surface area contributed by atoms with Crippen LogP contribution in [0.25, 0.3) is 28.2 Å². The Morgan fingerprint density at radius 2 is 1.90 bits per heavy atom. The largest absolute Gasteiger partial charge is 0.441 e. The van der Waals surface area contributed by atoms with E-state index in [2.05, 4.69) is 66.9 Å². The molecule has 1 aliphatic rings. The van der Waals surface area contributed by atoms with E-state index in [1.807, 2.05) is 13.8 Å². The summed E-state index contributed by atoms with van der Waals surface area (Å²) in [7, 11) is 0. The van der Waals surface area contributed by atoms with E-state index in [1.54, 1.807) is 0 Å². The number of hydrogen-bond acceptors (Lipinski definition) is 3. The van der Waals surface area contributed by atoms with E-state index < -0.39 is 0 Å². The first-order valence-electron chi connectivity index (χ1n) is 10.6. The quantitative estimate of drug-likeness (QED) is 0.492. The molecule has 0 amide bonds. The van der Waals surface area contributed by atoms with Crippen molar-refractivity contribution in [2.75, 3.05) is 13.1 Å². The van der Waals surface area contributed by atoms with Crippen molar-refractivity contribution < 1.29 is 4.42 Å². The zero-order valence-electron chi connectivity index (χ0n) is 17.7. The Kier molecular flexibility index (Phi) is 5.68. The monoisotopic (exact) mass is 386 g/mol. The average molecular weight is 387 g/mol. The molecule has 150 valence electrons. The number of benzene rings is 2. The Labute approximate surface area is 174 Å². The van der Waals surface area contributed by atoms with E-state index in [9.17, 15) is 0 Å². The molecule has 1 aliphatic heterocycles. The van der Waals surface area contributed by atoms with E-state index in [0.717, 1.165) is 35.6 Å². The Bertz CT molecular complexity index is 1000. The van der Waals surface area contributed by atoms with Gasteiger partial charge >= 0.3 is 0 Å². The van der Waals surface area contributed by atoms with Crippen LogP contribution in [-0.4, -0.2) is 29.0 Å². The molecule has 0 radical (unpaired) electrons. The van der Waals surface area contributed by atoms with Crippen molar-refractivity contribution in [3.05, 3.63) is 72.1 Å². The van der Waals surface area contributed by atoms with Crippen molar-refractivity contribution >= 4 is 5.57 Å². The van der Waals surface area contributed by atoms with Gasteiger partial charge in [0, 0.05) is 24.6 Å². The Balaban J connectivity index is 1.49. The zero-order chi connectivity index (χ0) is 20.4. The minimum atomic E-state index is 0.692. The predicted molar refractivity (Wildman–Crippen MR) is 121 cm³/mol. The van der Waals surface area contributed by atoms with Gasteiger partial charge in [-0.05, 0) is 75.0 Å². The molecular weight excluding hydrogens is 356 g/mol. The van der Waals surface area contributed by atoms with Crippen molar-refractivity contribution in [3.8, 4) is 22.6 Å². The fourth-order valence-electron chi connectivity index (χ4n) is 4.13. The summed E-state index contributed by atoms with van der Waals surface area (Å²) in [5.74, 6) is 1.65. The fraction of sp³-hybridized carbons (Fsp3) is 0.346. The van der Waals surface area contributed by atoms with Gasteiger partial charge in [-0.25, -0.2) is 4.98 Å². The number of hydrogen-bond donors (Lipinski definition) is 0. The number of aromatic nitrogens is 1. The molecular formula is C26H30N2O. The van der Waals surface area contributed by atoms with Crippen molar-refractivity contribution in [1.82, 2.24) is 9.88 Å². The van der Waals surface area contributed by atoms with Gasteiger partial charge in [-0.3, -0.25) is 0 Å². The third-order valence-electron chi connectivity index (χ3n) is 6.04. The molecule has 4 rings (SSSR count). The molecule has 0 unspecified atom stereocenters. The summed E-state index contributed by atoms with van der Waals surface area (Å²) < 4.78 is 6.00. The second-order valence-electron chi connectivity index (χ2n) is 8.24. The highest BCUT2D eigenvalue weighted by molar-refractivity contribution is 5.72. The van der Waals surface area contributed by atoms with Gasteiger partial charge < -0.3 is 9.32 Å². The summed E-state index contributed by atoms with van der Waals surface area (Å²) >= 11 is 0. The van der Waals surface area contributed by atoms with E-state index >= 15 is 0 Å². The van der Waals surface area contributed by atoms with E-state index in [-0.39, 0.29) is 0 Å². The Hall–Kier alpha value is -2.65. The molecule has 0 bridgehead atoms. The first-order valence-corrected chi connectivity index (χ1v) is 10.6. The summed E-state index contributed by atoms with van der Waals surface area (Å²) in [5, 5.41) is 0. The lowest BCUT2D eigenvalue weighted by Crippen LogP contribution is -2.29. The SMILES string of the molecule is C=C(C)c1cccc(-c2ccc(-c3nc(CCN4CCC[C@H]4C)c(C)o3)cc2)c1.